The van der Waals surface area contributed by atoms with Gasteiger partial charge in [0.25, 0.3) is 0 Å². The first-order chi connectivity index (χ1) is 11.2. The van der Waals surface area contributed by atoms with Crippen LogP contribution in [0.1, 0.15) is 22.5 Å². The van der Waals surface area contributed by atoms with Crippen molar-refractivity contribution in [3.8, 4) is 0 Å². The number of likely N-dealkylation sites (N-methyl/N-ethyl adjacent to an activating group) is 1. The molecule has 1 aliphatic heterocycles. The molecule has 24 heavy (non-hydrogen) atoms. The van der Waals surface area contributed by atoms with Crippen molar-refractivity contribution in [1.82, 2.24) is 14.5 Å². The minimum Gasteiger partial charge on any atom is -0.344 e. The van der Waals surface area contributed by atoms with Crippen LogP contribution in [0.25, 0.3) is 10.9 Å². The minimum atomic E-state index is 0. The summed E-state index contributed by atoms with van der Waals surface area (Å²) < 4.78 is 2.53. The third-order valence-electron chi connectivity index (χ3n) is 4.92. The summed E-state index contributed by atoms with van der Waals surface area (Å²) in [5.74, 6) is 0. The number of fused-ring (bicyclic) bond motifs is 3. The Balaban J connectivity index is 0.00000169. The first kappa shape index (κ1) is 17.0. The van der Waals surface area contributed by atoms with Crippen LogP contribution in [0.15, 0.2) is 42.6 Å². The molecular formula is C20H24ClN3. The van der Waals surface area contributed by atoms with Crippen LogP contribution in [0.5, 0.6) is 0 Å². The Morgan fingerprint density at radius 2 is 2.04 bits per heavy atom. The van der Waals surface area contributed by atoms with Crippen LogP contribution < -0.4 is 0 Å². The maximum atomic E-state index is 4.47. The number of benzene rings is 1. The Bertz CT molecular complexity index is 839. The van der Waals surface area contributed by atoms with Crippen LogP contribution in [0.3, 0.4) is 0 Å². The normalized spacial score (nSPS) is 14.4. The fourth-order valence-electron chi connectivity index (χ4n) is 3.73. The lowest BCUT2D eigenvalue weighted by Crippen LogP contribution is -2.27. The van der Waals surface area contributed by atoms with Gasteiger partial charge in [-0.15, -0.1) is 12.4 Å². The number of hydrogen-bond donors (Lipinski definition) is 0. The molecule has 2 aromatic heterocycles. The molecule has 1 aliphatic rings. The lowest BCUT2D eigenvalue weighted by Gasteiger charge is -2.24. The number of hydrogen-bond acceptors (Lipinski definition) is 2. The van der Waals surface area contributed by atoms with Crippen LogP contribution in [-0.2, 0) is 25.9 Å². The van der Waals surface area contributed by atoms with E-state index in [4.69, 9.17) is 0 Å². The highest BCUT2D eigenvalue weighted by Crippen LogP contribution is 2.31. The maximum absolute atomic E-state index is 4.47. The van der Waals surface area contributed by atoms with Crippen molar-refractivity contribution in [3.05, 3.63) is 65.1 Å². The molecular weight excluding hydrogens is 318 g/mol. The zero-order valence-corrected chi connectivity index (χ0v) is 15.1. The second-order valence-corrected chi connectivity index (χ2v) is 6.66. The fourth-order valence-corrected chi connectivity index (χ4v) is 3.73. The summed E-state index contributed by atoms with van der Waals surface area (Å²) >= 11 is 0. The Morgan fingerprint density at radius 3 is 2.83 bits per heavy atom. The molecule has 0 aliphatic carbocycles. The van der Waals surface area contributed by atoms with E-state index in [0.29, 0.717) is 0 Å². The van der Waals surface area contributed by atoms with Gasteiger partial charge < -0.3 is 9.47 Å². The Hall–Kier alpha value is -1.84. The van der Waals surface area contributed by atoms with Crippen LogP contribution in [-0.4, -0.2) is 28.0 Å². The van der Waals surface area contributed by atoms with Crippen molar-refractivity contribution in [2.75, 3.05) is 13.6 Å². The van der Waals surface area contributed by atoms with Gasteiger partial charge in [-0.3, -0.25) is 4.98 Å². The average molecular weight is 342 g/mol. The second kappa shape index (κ2) is 6.96. The van der Waals surface area contributed by atoms with E-state index in [1.807, 2.05) is 12.3 Å². The van der Waals surface area contributed by atoms with Crippen LogP contribution in [0.4, 0.5) is 0 Å². The van der Waals surface area contributed by atoms with Crippen LogP contribution in [0, 0.1) is 6.92 Å². The van der Waals surface area contributed by atoms with E-state index in [2.05, 4.69) is 58.8 Å². The summed E-state index contributed by atoms with van der Waals surface area (Å²) in [7, 11) is 2.22. The van der Waals surface area contributed by atoms with Crippen molar-refractivity contribution in [2.24, 2.45) is 0 Å². The van der Waals surface area contributed by atoms with Crippen molar-refractivity contribution >= 4 is 23.3 Å². The number of aromatic nitrogens is 2. The third kappa shape index (κ3) is 3.06. The number of aryl methyl sites for hydroxylation is 3. The summed E-state index contributed by atoms with van der Waals surface area (Å²) in [5, 5.41) is 1.44. The van der Waals surface area contributed by atoms with E-state index < -0.39 is 0 Å². The van der Waals surface area contributed by atoms with E-state index in [-0.39, 0.29) is 12.4 Å². The molecule has 0 N–H and O–H groups in total. The first-order valence-corrected chi connectivity index (χ1v) is 8.41. The van der Waals surface area contributed by atoms with Crippen molar-refractivity contribution in [3.63, 3.8) is 0 Å². The summed E-state index contributed by atoms with van der Waals surface area (Å²) in [4.78, 5) is 6.90. The predicted molar refractivity (Wildman–Crippen MR) is 102 cm³/mol. The quantitative estimate of drug-likeness (QED) is 0.718. The largest absolute Gasteiger partial charge is 0.344 e. The summed E-state index contributed by atoms with van der Waals surface area (Å²) in [5.41, 5.74) is 6.95. The molecule has 0 radical (unpaired) electrons. The minimum absolute atomic E-state index is 0. The molecule has 1 aromatic carbocycles. The first-order valence-electron chi connectivity index (χ1n) is 8.41. The molecule has 0 spiro atoms. The standard InChI is InChI=1S/C20H23N3.ClH/c1-15-6-7-19-17(13-15)18-14-22(2)11-9-20(18)23(19)12-8-16-5-3-4-10-21-16;/h3-7,10,13H,8-9,11-12,14H2,1-2H3;1H. The highest BCUT2D eigenvalue weighted by Gasteiger charge is 2.22. The Labute approximate surface area is 149 Å². The molecule has 0 saturated carbocycles. The van der Waals surface area contributed by atoms with E-state index in [1.54, 1.807) is 0 Å². The van der Waals surface area contributed by atoms with Gasteiger partial charge in [-0.1, -0.05) is 17.7 Å². The van der Waals surface area contributed by atoms with E-state index in [1.165, 1.54) is 33.4 Å². The molecule has 4 heteroatoms. The van der Waals surface area contributed by atoms with Crippen molar-refractivity contribution in [1.29, 1.82) is 0 Å². The molecule has 0 bridgehead atoms. The molecule has 3 nitrogen and oxygen atoms in total. The summed E-state index contributed by atoms with van der Waals surface area (Å²) in [6.45, 7) is 5.40. The fraction of sp³-hybridized carbons (Fsp3) is 0.350. The lowest BCUT2D eigenvalue weighted by molar-refractivity contribution is 0.309. The van der Waals surface area contributed by atoms with Gasteiger partial charge in [0, 0.05) is 61.0 Å². The summed E-state index contributed by atoms with van der Waals surface area (Å²) in [6, 6.07) is 13.1. The smallest absolute Gasteiger partial charge is 0.0486 e. The van der Waals surface area contributed by atoms with Gasteiger partial charge in [0.15, 0.2) is 0 Å². The van der Waals surface area contributed by atoms with Gasteiger partial charge in [0.2, 0.25) is 0 Å². The number of halogens is 1. The molecule has 3 aromatic rings. The molecule has 0 fully saturated rings. The number of pyridine rings is 1. The van der Waals surface area contributed by atoms with E-state index in [9.17, 15) is 0 Å². The second-order valence-electron chi connectivity index (χ2n) is 6.66. The third-order valence-corrected chi connectivity index (χ3v) is 4.92. The Morgan fingerprint density at radius 1 is 1.17 bits per heavy atom. The van der Waals surface area contributed by atoms with Gasteiger partial charge in [-0.2, -0.15) is 0 Å². The van der Waals surface area contributed by atoms with E-state index in [0.717, 1.165) is 32.5 Å². The highest BCUT2D eigenvalue weighted by atomic mass is 35.5. The zero-order valence-electron chi connectivity index (χ0n) is 14.3. The predicted octanol–water partition coefficient (Wildman–Crippen LogP) is 4.00. The molecule has 126 valence electrons. The molecule has 0 amide bonds. The maximum Gasteiger partial charge on any atom is 0.0486 e. The van der Waals surface area contributed by atoms with Gasteiger partial charge in [0.1, 0.15) is 0 Å². The lowest BCUT2D eigenvalue weighted by atomic mass is 10.0. The van der Waals surface area contributed by atoms with Gasteiger partial charge in [0.05, 0.1) is 0 Å². The SMILES string of the molecule is Cc1ccc2c(c1)c1c(n2CCc2ccccn2)CCN(C)C1.Cl. The van der Waals surface area contributed by atoms with Crippen molar-refractivity contribution in [2.45, 2.75) is 32.9 Å². The topological polar surface area (TPSA) is 21.1 Å². The van der Waals surface area contributed by atoms with Gasteiger partial charge in [-0.05, 0) is 43.8 Å². The Kier molecular flexibility index (Phi) is 4.93. The molecule has 0 saturated heterocycles. The number of nitrogens with zero attached hydrogens (tertiary/aromatic N) is 3. The van der Waals surface area contributed by atoms with Gasteiger partial charge in [-0.25, -0.2) is 0 Å². The monoisotopic (exact) mass is 341 g/mol. The molecule has 4 rings (SSSR count). The molecule has 3 heterocycles. The average Bonchev–Trinajstić information content (AvgIpc) is 2.86. The van der Waals surface area contributed by atoms with Gasteiger partial charge >= 0.3 is 0 Å². The van der Waals surface area contributed by atoms with Crippen molar-refractivity contribution < 1.29 is 0 Å². The van der Waals surface area contributed by atoms with E-state index >= 15 is 0 Å². The highest BCUT2D eigenvalue weighted by molar-refractivity contribution is 5.86. The van der Waals surface area contributed by atoms with Crippen LogP contribution in [0.2, 0.25) is 0 Å². The molecule has 0 unspecified atom stereocenters. The molecule has 0 atom stereocenters. The summed E-state index contributed by atoms with van der Waals surface area (Å²) in [6.07, 6.45) is 4.01. The van der Waals surface area contributed by atoms with Crippen LogP contribution >= 0.6 is 12.4 Å². The zero-order chi connectivity index (χ0) is 15.8. The number of rotatable bonds is 3.